The number of ether oxygens (including phenoxy) is 1. The second-order valence-corrected chi connectivity index (χ2v) is 8.54. The Morgan fingerprint density at radius 3 is 2.37 bits per heavy atom. The van der Waals surface area contributed by atoms with Crippen molar-refractivity contribution in [3.8, 4) is 17.0 Å². The Labute approximate surface area is 154 Å². The summed E-state index contributed by atoms with van der Waals surface area (Å²) in [6.45, 7) is 0. The topological polar surface area (TPSA) is 76.5 Å². The number of aliphatic hydroxyl groups excluding tert-OH is 1. The van der Waals surface area contributed by atoms with Crippen LogP contribution < -0.4 is 4.74 Å². The number of pyridine rings is 1. The molecule has 0 radical (unpaired) electrons. The van der Waals surface area contributed by atoms with Gasteiger partial charge in [0.15, 0.2) is 9.84 Å². The lowest BCUT2D eigenvalue weighted by Gasteiger charge is -2.19. The molecule has 0 saturated heterocycles. The average molecular weight is 401 g/mol. The maximum atomic E-state index is 13.1. The van der Waals surface area contributed by atoms with Crippen LogP contribution in [0.2, 0.25) is 0 Å². The van der Waals surface area contributed by atoms with E-state index in [4.69, 9.17) is 4.74 Å². The zero-order valence-corrected chi connectivity index (χ0v) is 15.2. The molecule has 5 nitrogen and oxygen atoms in total. The van der Waals surface area contributed by atoms with Gasteiger partial charge in [-0.25, -0.2) is 13.4 Å². The predicted molar refractivity (Wildman–Crippen MR) is 92.1 cm³/mol. The normalized spacial score (nSPS) is 20.6. The standard InChI is InChI=1S/C18H18F3NO4S/c1-27(24,25)13-7-5-11(6-8-13)14-9-12(18(19,20)21)10-22-17(14)26-16-4-2-3-15(16)23/h5-10,15-16,23H,2-4H2,1H3. The third kappa shape index (κ3) is 4.41. The second kappa shape index (κ2) is 7.12. The van der Waals surface area contributed by atoms with Crippen molar-refractivity contribution in [2.75, 3.05) is 6.26 Å². The van der Waals surface area contributed by atoms with E-state index in [1.807, 2.05) is 0 Å². The van der Waals surface area contributed by atoms with Gasteiger partial charge in [0.1, 0.15) is 6.10 Å². The molecular weight excluding hydrogens is 383 g/mol. The number of hydrogen-bond donors (Lipinski definition) is 1. The first-order valence-electron chi connectivity index (χ1n) is 8.28. The summed E-state index contributed by atoms with van der Waals surface area (Å²) >= 11 is 0. The van der Waals surface area contributed by atoms with Gasteiger partial charge in [-0.15, -0.1) is 0 Å². The quantitative estimate of drug-likeness (QED) is 0.849. The number of aliphatic hydroxyl groups is 1. The highest BCUT2D eigenvalue weighted by atomic mass is 32.2. The van der Waals surface area contributed by atoms with Crippen molar-refractivity contribution in [3.63, 3.8) is 0 Å². The van der Waals surface area contributed by atoms with Crippen LogP contribution in [0.4, 0.5) is 13.2 Å². The fraction of sp³-hybridized carbons (Fsp3) is 0.389. The molecule has 1 N–H and O–H groups in total. The molecule has 0 spiro atoms. The molecule has 0 bridgehead atoms. The van der Waals surface area contributed by atoms with Gasteiger partial charge in [-0.2, -0.15) is 13.2 Å². The largest absolute Gasteiger partial charge is 0.471 e. The lowest BCUT2D eigenvalue weighted by atomic mass is 10.0. The molecule has 9 heteroatoms. The van der Waals surface area contributed by atoms with E-state index < -0.39 is 33.8 Å². The van der Waals surface area contributed by atoms with Gasteiger partial charge in [0.25, 0.3) is 0 Å². The van der Waals surface area contributed by atoms with Gasteiger partial charge in [-0.05, 0) is 43.0 Å². The van der Waals surface area contributed by atoms with Gasteiger partial charge in [0, 0.05) is 18.0 Å². The molecular formula is C18H18F3NO4S. The third-order valence-corrected chi connectivity index (χ3v) is 5.58. The van der Waals surface area contributed by atoms with Gasteiger partial charge >= 0.3 is 6.18 Å². The molecule has 0 aliphatic heterocycles. The summed E-state index contributed by atoms with van der Waals surface area (Å²) in [6.07, 6.45) is -2.20. The zero-order chi connectivity index (χ0) is 19.8. The summed E-state index contributed by atoms with van der Waals surface area (Å²) in [5.41, 5.74) is -0.517. The SMILES string of the molecule is CS(=O)(=O)c1ccc(-c2cc(C(F)(F)F)cnc2OC2CCCC2O)cc1. The van der Waals surface area contributed by atoms with Crippen molar-refractivity contribution in [1.82, 2.24) is 4.98 Å². The van der Waals surface area contributed by atoms with Crippen LogP contribution in [0, 0.1) is 0 Å². The van der Waals surface area contributed by atoms with Gasteiger partial charge in [0.2, 0.25) is 5.88 Å². The Hall–Kier alpha value is -2.13. The number of halogens is 3. The maximum absolute atomic E-state index is 13.1. The van der Waals surface area contributed by atoms with Crippen LogP contribution in [0.1, 0.15) is 24.8 Å². The van der Waals surface area contributed by atoms with E-state index >= 15 is 0 Å². The van der Waals surface area contributed by atoms with Crippen molar-refractivity contribution in [2.45, 2.75) is 42.5 Å². The number of alkyl halides is 3. The molecule has 2 atom stereocenters. The third-order valence-electron chi connectivity index (χ3n) is 4.45. The van der Waals surface area contributed by atoms with E-state index in [2.05, 4.69) is 4.98 Å². The fourth-order valence-corrected chi connectivity index (χ4v) is 3.61. The van der Waals surface area contributed by atoms with Crippen molar-refractivity contribution in [2.24, 2.45) is 0 Å². The summed E-state index contributed by atoms with van der Waals surface area (Å²) < 4.78 is 68.2. The lowest BCUT2D eigenvalue weighted by Crippen LogP contribution is -2.26. The molecule has 0 amide bonds. The van der Waals surface area contributed by atoms with Crippen LogP contribution in [-0.4, -0.2) is 37.0 Å². The Bertz CT molecular complexity index is 927. The number of nitrogens with zero attached hydrogens (tertiary/aromatic N) is 1. The average Bonchev–Trinajstić information content (AvgIpc) is 2.98. The van der Waals surface area contributed by atoms with Crippen LogP contribution in [0.3, 0.4) is 0 Å². The number of sulfone groups is 1. The smallest absolute Gasteiger partial charge is 0.417 e. The number of benzene rings is 1. The van der Waals surface area contributed by atoms with Crippen LogP contribution in [0.5, 0.6) is 5.88 Å². The molecule has 1 fully saturated rings. The minimum absolute atomic E-state index is 0.0268. The lowest BCUT2D eigenvalue weighted by molar-refractivity contribution is -0.137. The zero-order valence-electron chi connectivity index (χ0n) is 14.4. The molecule has 27 heavy (non-hydrogen) atoms. The van der Waals surface area contributed by atoms with E-state index in [0.717, 1.165) is 18.7 Å². The number of aromatic nitrogens is 1. The van der Waals surface area contributed by atoms with Gasteiger partial charge in [-0.3, -0.25) is 0 Å². The minimum Gasteiger partial charge on any atom is -0.471 e. The molecule has 146 valence electrons. The Morgan fingerprint density at radius 2 is 1.85 bits per heavy atom. The second-order valence-electron chi connectivity index (χ2n) is 6.53. The van der Waals surface area contributed by atoms with Crippen molar-refractivity contribution in [3.05, 3.63) is 42.1 Å². The maximum Gasteiger partial charge on any atom is 0.417 e. The van der Waals surface area contributed by atoms with Gasteiger partial charge < -0.3 is 9.84 Å². The summed E-state index contributed by atoms with van der Waals surface area (Å²) in [4.78, 5) is 3.87. The first-order valence-corrected chi connectivity index (χ1v) is 10.2. The van der Waals surface area contributed by atoms with Crippen molar-refractivity contribution in [1.29, 1.82) is 0 Å². The van der Waals surface area contributed by atoms with Crippen molar-refractivity contribution < 1.29 is 31.4 Å². The fourth-order valence-electron chi connectivity index (χ4n) is 2.98. The Balaban J connectivity index is 2.04. The Kier molecular flexibility index (Phi) is 5.18. The van der Waals surface area contributed by atoms with Crippen LogP contribution in [0.15, 0.2) is 41.4 Å². The highest BCUT2D eigenvalue weighted by Gasteiger charge is 2.33. The summed E-state index contributed by atoms with van der Waals surface area (Å²) in [5.74, 6) is -0.0268. The highest BCUT2D eigenvalue weighted by Crippen LogP contribution is 2.37. The molecule has 3 rings (SSSR count). The van der Waals surface area contributed by atoms with E-state index in [1.165, 1.54) is 24.3 Å². The van der Waals surface area contributed by atoms with E-state index in [9.17, 15) is 26.7 Å². The van der Waals surface area contributed by atoms with Crippen molar-refractivity contribution >= 4 is 9.84 Å². The van der Waals surface area contributed by atoms with Gasteiger partial charge in [-0.1, -0.05) is 12.1 Å². The molecule has 1 aromatic heterocycles. The first-order chi connectivity index (χ1) is 12.6. The van der Waals surface area contributed by atoms with E-state index in [1.54, 1.807) is 0 Å². The number of hydrogen-bond acceptors (Lipinski definition) is 5. The highest BCUT2D eigenvalue weighted by molar-refractivity contribution is 7.90. The monoisotopic (exact) mass is 401 g/mol. The van der Waals surface area contributed by atoms with Crippen LogP contribution in [0.25, 0.3) is 11.1 Å². The van der Waals surface area contributed by atoms with E-state index in [-0.39, 0.29) is 16.3 Å². The molecule has 1 aromatic carbocycles. The minimum atomic E-state index is -4.58. The summed E-state index contributed by atoms with van der Waals surface area (Å²) in [7, 11) is -3.43. The molecule has 1 aliphatic rings. The summed E-state index contributed by atoms with van der Waals surface area (Å²) in [5, 5.41) is 9.92. The predicted octanol–water partition coefficient (Wildman–Crippen LogP) is 3.46. The molecule has 1 aliphatic carbocycles. The van der Waals surface area contributed by atoms with Gasteiger partial charge in [0.05, 0.1) is 16.6 Å². The van der Waals surface area contributed by atoms with E-state index in [0.29, 0.717) is 24.6 Å². The molecule has 2 aromatic rings. The Morgan fingerprint density at radius 1 is 1.19 bits per heavy atom. The van der Waals surface area contributed by atoms with Crippen LogP contribution >= 0.6 is 0 Å². The molecule has 1 heterocycles. The molecule has 1 saturated carbocycles. The first kappa shape index (κ1) is 19.6. The number of rotatable bonds is 4. The molecule has 2 unspecified atom stereocenters. The summed E-state index contributed by atoms with van der Waals surface area (Å²) in [6, 6.07) is 6.37. The van der Waals surface area contributed by atoms with Crippen LogP contribution in [-0.2, 0) is 16.0 Å².